The number of carbonyl (C=O) groups is 2. The van der Waals surface area contributed by atoms with Gasteiger partial charge < -0.3 is 5.11 Å². The first-order chi connectivity index (χ1) is 9.58. The molecule has 0 saturated heterocycles. The lowest BCUT2D eigenvalue weighted by atomic mass is 9.91. The van der Waals surface area contributed by atoms with Gasteiger partial charge in [-0.1, -0.05) is 34.1 Å². The highest BCUT2D eigenvalue weighted by Crippen LogP contribution is 2.23. The molecule has 1 N–H and O–H groups in total. The second-order valence-corrected chi connectivity index (χ2v) is 5.19. The molecule has 1 aromatic heterocycles. The minimum atomic E-state index is -1.02. The van der Waals surface area contributed by atoms with Gasteiger partial charge in [0.15, 0.2) is 5.78 Å². The van der Waals surface area contributed by atoms with Crippen molar-refractivity contribution in [1.29, 1.82) is 0 Å². The molecule has 0 aliphatic rings. The summed E-state index contributed by atoms with van der Waals surface area (Å²) < 4.78 is 0.863. The van der Waals surface area contributed by atoms with Crippen LogP contribution in [0.2, 0.25) is 0 Å². The number of nitrogens with zero attached hydrogens (tertiary/aromatic N) is 1. The minimum Gasteiger partial charge on any atom is -0.481 e. The molecule has 0 aliphatic heterocycles. The van der Waals surface area contributed by atoms with Crippen molar-refractivity contribution < 1.29 is 14.7 Å². The number of Topliss-reactive ketones (excluding diaryl/α,β-unsaturated/α-hetero) is 1. The van der Waals surface area contributed by atoms with E-state index in [2.05, 4.69) is 20.9 Å². The van der Waals surface area contributed by atoms with E-state index in [1.165, 1.54) is 0 Å². The number of aliphatic carboxylic acids is 1. The molecular formula is C15H12BrNO3. The molecule has 1 atom stereocenters. The Morgan fingerprint density at radius 2 is 1.85 bits per heavy atom. The van der Waals surface area contributed by atoms with Crippen molar-refractivity contribution in [1.82, 2.24) is 4.98 Å². The van der Waals surface area contributed by atoms with Crippen LogP contribution in [-0.4, -0.2) is 21.8 Å². The Bertz CT molecular complexity index is 611. The number of rotatable bonds is 5. The summed E-state index contributed by atoms with van der Waals surface area (Å²) in [5.41, 5.74) is 0.952. The minimum absolute atomic E-state index is 0.237. The topological polar surface area (TPSA) is 67.3 Å². The van der Waals surface area contributed by atoms with E-state index in [9.17, 15) is 9.59 Å². The van der Waals surface area contributed by atoms with Crippen LogP contribution in [0.4, 0.5) is 0 Å². The number of ketones is 1. The Kier molecular flexibility index (Phi) is 4.63. The smallest absolute Gasteiger partial charge is 0.304 e. The van der Waals surface area contributed by atoms with Crippen LogP contribution in [0.1, 0.15) is 28.4 Å². The zero-order valence-corrected chi connectivity index (χ0v) is 12.1. The Balaban J connectivity index is 2.34. The van der Waals surface area contributed by atoms with Gasteiger partial charge >= 0.3 is 5.97 Å². The Morgan fingerprint density at radius 1 is 1.15 bits per heavy atom. The summed E-state index contributed by atoms with van der Waals surface area (Å²) in [5.74, 6) is -2.03. The summed E-state index contributed by atoms with van der Waals surface area (Å²) in [4.78, 5) is 27.6. The largest absolute Gasteiger partial charge is 0.481 e. The highest BCUT2D eigenvalue weighted by Gasteiger charge is 2.25. The molecule has 20 heavy (non-hydrogen) atoms. The zero-order valence-electron chi connectivity index (χ0n) is 10.5. The molecule has 1 aromatic carbocycles. The average Bonchev–Trinajstić information content (AvgIpc) is 2.45. The van der Waals surface area contributed by atoms with Gasteiger partial charge in [-0.05, 0) is 24.3 Å². The van der Waals surface area contributed by atoms with E-state index in [1.54, 1.807) is 48.7 Å². The van der Waals surface area contributed by atoms with E-state index in [4.69, 9.17) is 5.11 Å². The van der Waals surface area contributed by atoms with E-state index in [0.29, 0.717) is 11.3 Å². The van der Waals surface area contributed by atoms with Gasteiger partial charge in [0, 0.05) is 16.2 Å². The first-order valence-corrected chi connectivity index (χ1v) is 6.79. The molecule has 0 spiro atoms. The third-order valence-corrected chi connectivity index (χ3v) is 3.40. The lowest BCUT2D eigenvalue weighted by molar-refractivity contribution is -0.137. The molecule has 0 amide bonds. The summed E-state index contributed by atoms with van der Waals surface area (Å²) >= 11 is 3.30. The maximum Gasteiger partial charge on any atom is 0.304 e. The summed E-state index contributed by atoms with van der Waals surface area (Å²) in [5, 5.41) is 9.00. The first-order valence-electron chi connectivity index (χ1n) is 6.00. The van der Waals surface area contributed by atoms with Crippen LogP contribution in [0.25, 0.3) is 0 Å². The predicted molar refractivity (Wildman–Crippen MR) is 77.7 cm³/mol. The maximum atomic E-state index is 12.5. The third-order valence-electron chi connectivity index (χ3n) is 2.87. The molecular weight excluding hydrogens is 322 g/mol. The highest BCUT2D eigenvalue weighted by atomic mass is 79.9. The van der Waals surface area contributed by atoms with Crippen molar-refractivity contribution in [2.45, 2.75) is 12.3 Å². The Labute approximate surface area is 124 Å². The lowest BCUT2D eigenvalue weighted by Crippen LogP contribution is -2.18. The molecule has 4 nitrogen and oxygen atoms in total. The fourth-order valence-corrected chi connectivity index (χ4v) is 2.17. The Morgan fingerprint density at radius 3 is 2.40 bits per heavy atom. The number of carboxylic acids is 1. The van der Waals surface area contributed by atoms with Crippen LogP contribution >= 0.6 is 15.9 Å². The van der Waals surface area contributed by atoms with E-state index >= 15 is 0 Å². The van der Waals surface area contributed by atoms with Gasteiger partial charge in [-0.15, -0.1) is 0 Å². The van der Waals surface area contributed by atoms with Gasteiger partial charge in [0.2, 0.25) is 0 Å². The van der Waals surface area contributed by atoms with Gasteiger partial charge in [0.1, 0.15) is 0 Å². The van der Waals surface area contributed by atoms with Crippen molar-refractivity contribution in [2.75, 3.05) is 0 Å². The molecule has 0 bridgehead atoms. The van der Waals surface area contributed by atoms with Crippen molar-refractivity contribution in [2.24, 2.45) is 0 Å². The third kappa shape index (κ3) is 3.51. The van der Waals surface area contributed by atoms with Crippen LogP contribution in [-0.2, 0) is 4.79 Å². The molecule has 5 heteroatoms. The normalized spacial score (nSPS) is 11.8. The van der Waals surface area contributed by atoms with Crippen LogP contribution in [0.5, 0.6) is 0 Å². The second-order valence-electron chi connectivity index (χ2n) is 4.28. The maximum absolute atomic E-state index is 12.5. The van der Waals surface area contributed by atoms with Crippen LogP contribution in [0, 0.1) is 0 Å². The number of hydrogen-bond donors (Lipinski definition) is 1. The van der Waals surface area contributed by atoms with Crippen LogP contribution in [0.15, 0.2) is 53.1 Å². The molecule has 0 radical (unpaired) electrons. The molecule has 0 saturated carbocycles. The van der Waals surface area contributed by atoms with Gasteiger partial charge in [-0.2, -0.15) is 0 Å². The van der Waals surface area contributed by atoms with Gasteiger partial charge in [-0.25, -0.2) is 0 Å². The molecule has 0 aliphatic carbocycles. The quantitative estimate of drug-likeness (QED) is 0.852. The molecule has 1 heterocycles. The fourth-order valence-electron chi connectivity index (χ4n) is 1.90. The molecule has 1 unspecified atom stereocenters. The lowest BCUT2D eigenvalue weighted by Gasteiger charge is -2.13. The van der Waals surface area contributed by atoms with Crippen molar-refractivity contribution in [3.05, 3.63) is 64.4 Å². The number of aromatic nitrogens is 1. The fraction of sp³-hybridized carbons (Fsp3) is 0.133. The monoisotopic (exact) mass is 333 g/mol. The predicted octanol–water partition coefficient (Wildman–Crippen LogP) is 3.29. The van der Waals surface area contributed by atoms with E-state index in [-0.39, 0.29) is 12.2 Å². The average molecular weight is 334 g/mol. The Hall–Kier alpha value is -2.01. The number of carboxylic acid groups (broad SMARTS) is 1. The number of pyridine rings is 1. The van der Waals surface area contributed by atoms with E-state index in [0.717, 1.165) is 4.47 Å². The van der Waals surface area contributed by atoms with Crippen molar-refractivity contribution in [3.63, 3.8) is 0 Å². The summed E-state index contributed by atoms with van der Waals surface area (Å²) in [6.07, 6.45) is 1.28. The molecule has 0 fully saturated rings. The summed E-state index contributed by atoms with van der Waals surface area (Å²) in [6, 6.07) is 12.0. The van der Waals surface area contributed by atoms with Gasteiger partial charge in [0.05, 0.1) is 18.0 Å². The number of carbonyl (C=O) groups excluding carboxylic acids is 1. The summed E-state index contributed by atoms with van der Waals surface area (Å²) in [7, 11) is 0. The standard InChI is InChI=1S/C15H12BrNO3/c16-11-6-4-10(5-7-11)15(20)12(9-14(18)19)13-3-1-2-8-17-13/h1-8,12H,9H2,(H,18,19). The SMILES string of the molecule is O=C(O)CC(C(=O)c1ccc(Br)cc1)c1ccccn1. The zero-order chi connectivity index (χ0) is 14.5. The second kappa shape index (κ2) is 6.43. The van der Waals surface area contributed by atoms with Crippen LogP contribution in [0.3, 0.4) is 0 Å². The van der Waals surface area contributed by atoms with Gasteiger partial charge in [0.25, 0.3) is 0 Å². The number of halogens is 1. The van der Waals surface area contributed by atoms with Crippen molar-refractivity contribution in [3.8, 4) is 0 Å². The first kappa shape index (κ1) is 14.4. The number of benzene rings is 1. The van der Waals surface area contributed by atoms with Gasteiger partial charge in [-0.3, -0.25) is 14.6 Å². The van der Waals surface area contributed by atoms with E-state index in [1.807, 2.05) is 0 Å². The molecule has 102 valence electrons. The molecule has 2 aromatic rings. The highest BCUT2D eigenvalue weighted by molar-refractivity contribution is 9.10. The summed E-state index contributed by atoms with van der Waals surface area (Å²) in [6.45, 7) is 0. The molecule has 2 rings (SSSR count). The van der Waals surface area contributed by atoms with E-state index < -0.39 is 11.9 Å². The van der Waals surface area contributed by atoms with Crippen molar-refractivity contribution >= 4 is 27.7 Å². The number of hydrogen-bond acceptors (Lipinski definition) is 3. The van der Waals surface area contributed by atoms with Crippen LogP contribution < -0.4 is 0 Å².